The second-order valence-electron chi connectivity index (χ2n) is 6.04. The molecule has 0 radical (unpaired) electrons. The Balaban J connectivity index is 2.02. The van der Waals surface area contributed by atoms with Crippen molar-refractivity contribution in [1.82, 2.24) is 10.6 Å². The van der Waals surface area contributed by atoms with Gasteiger partial charge in [-0.05, 0) is 31.2 Å². The van der Waals surface area contributed by atoms with Gasteiger partial charge in [0.1, 0.15) is 6.04 Å². The third kappa shape index (κ3) is 6.00. The third-order valence-electron chi connectivity index (χ3n) is 4.04. The van der Waals surface area contributed by atoms with Crippen LogP contribution in [0.3, 0.4) is 0 Å². The second kappa shape index (κ2) is 9.47. The van der Waals surface area contributed by atoms with Crippen molar-refractivity contribution in [1.29, 1.82) is 0 Å². The number of rotatable bonds is 6. The van der Waals surface area contributed by atoms with Crippen LogP contribution in [0.1, 0.15) is 31.7 Å². The molecular weight excluding hydrogens is 324 g/mol. The minimum atomic E-state index is -0.472. The van der Waals surface area contributed by atoms with Crippen LogP contribution in [-0.2, 0) is 20.8 Å². The van der Waals surface area contributed by atoms with E-state index in [1.54, 1.807) is 0 Å². The summed E-state index contributed by atoms with van der Waals surface area (Å²) in [5, 5.41) is 5.70. The Hall–Kier alpha value is -1.82. The van der Waals surface area contributed by atoms with Gasteiger partial charge in [-0.1, -0.05) is 42.1 Å². The van der Waals surface area contributed by atoms with Gasteiger partial charge in [-0.2, -0.15) is 0 Å². The molecule has 2 N–H and O–H groups in total. The molecule has 1 heterocycles. The summed E-state index contributed by atoms with van der Waals surface area (Å²) in [6.07, 6.45) is 3.07. The van der Waals surface area contributed by atoms with E-state index < -0.39 is 6.04 Å². The highest BCUT2D eigenvalue weighted by atomic mass is 32.2. The molecule has 1 aliphatic rings. The topological polar surface area (TPSA) is 75.3 Å². The molecule has 0 aliphatic carbocycles. The van der Waals surface area contributed by atoms with Crippen LogP contribution in [0.5, 0.6) is 0 Å². The molecule has 0 spiro atoms. The van der Waals surface area contributed by atoms with Gasteiger partial charge < -0.3 is 10.6 Å². The largest absolute Gasteiger partial charge is 0.354 e. The summed E-state index contributed by atoms with van der Waals surface area (Å²) in [5.74, 6) is -0.185. The lowest BCUT2D eigenvalue weighted by Crippen LogP contribution is -2.48. The Bertz CT molecular complexity index is 577. The van der Waals surface area contributed by atoms with E-state index in [1.807, 2.05) is 30.3 Å². The first-order valence-corrected chi connectivity index (χ1v) is 9.30. The molecule has 0 aromatic heterocycles. The fraction of sp³-hybridized carbons (Fsp3) is 0.500. The quantitative estimate of drug-likeness (QED) is 0.823. The lowest BCUT2D eigenvalue weighted by atomic mass is 9.99. The van der Waals surface area contributed by atoms with Gasteiger partial charge in [-0.15, -0.1) is 0 Å². The van der Waals surface area contributed by atoms with Gasteiger partial charge in [0.25, 0.3) is 0 Å². The summed E-state index contributed by atoms with van der Waals surface area (Å²) in [6, 6.07) is 9.26. The van der Waals surface area contributed by atoms with Gasteiger partial charge in [-0.3, -0.25) is 14.4 Å². The molecule has 2 amide bonds. The van der Waals surface area contributed by atoms with Gasteiger partial charge in [0.15, 0.2) is 5.12 Å². The van der Waals surface area contributed by atoms with Crippen LogP contribution in [0, 0.1) is 5.92 Å². The van der Waals surface area contributed by atoms with E-state index in [4.69, 9.17) is 0 Å². The first kappa shape index (κ1) is 18.5. The smallest absolute Gasteiger partial charge is 0.242 e. The Morgan fingerprint density at radius 3 is 2.75 bits per heavy atom. The van der Waals surface area contributed by atoms with E-state index in [0.717, 1.165) is 30.2 Å². The van der Waals surface area contributed by atoms with Crippen molar-refractivity contribution >= 4 is 28.7 Å². The van der Waals surface area contributed by atoms with Crippen LogP contribution in [-0.4, -0.2) is 35.3 Å². The highest BCUT2D eigenvalue weighted by Crippen LogP contribution is 2.17. The first-order valence-electron chi connectivity index (χ1n) is 8.31. The van der Waals surface area contributed by atoms with Crippen LogP contribution in [0.2, 0.25) is 0 Å². The van der Waals surface area contributed by atoms with Gasteiger partial charge in [0.05, 0.1) is 5.92 Å². The Morgan fingerprint density at radius 2 is 2.04 bits per heavy atom. The second-order valence-corrected chi connectivity index (χ2v) is 7.23. The van der Waals surface area contributed by atoms with Gasteiger partial charge in [-0.25, -0.2) is 0 Å². The van der Waals surface area contributed by atoms with Gasteiger partial charge in [0.2, 0.25) is 11.8 Å². The molecule has 2 atom stereocenters. The highest BCUT2D eigenvalue weighted by molar-refractivity contribution is 8.13. The minimum Gasteiger partial charge on any atom is -0.354 e. The molecule has 2 unspecified atom stereocenters. The van der Waals surface area contributed by atoms with Crippen LogP contribution in [0.4, 0.5) is 0 Å². The van der Waals surface area contributed by atoms with Crippen molar-refractivity contribution in [3.8, 4) is 0 Å². The van der Waals surface area contributed by atoms with E-state index in [0.29, 0.717) is 25.1 Å². The summed E-state index contributed by atoms with van der Waals surface area (Å²) in [5.41, 5.74) is 1.05. The zero-order valence-electron chi connectivity index (χ0n) is 13.9. The fourth-order valence-corrected chi connectivity index (χ4v) is 3.42. The van der Waals surface area contributed by atoms with Crippen LogP contribution < -0.4 is 10.6 Å². The molecule has 5 nitrogen and oxygen atoms in total. The number of carbonyl (C=O) groups excluding carboxylic acids is 3. The van der Waals surface area contributed by atoms with Crippen LogP contribution >= 0.6 is 11.8 Å². The molecule has 130 valence electrons. The van der Waals surface area contributed by atoms with Crippen molar-refractivity contribution in [3.63, 3.8) is 0 Å². The molecule has 1 saturated heterocycles. The number of hydrogen-bond acceptors (Lipinski definition) is 4. The maximum absolute atomic E-state index is 12.7. The number of amides is 2. The molecule has 2 rings (SSSR count). The lowest BCUT2D eigenvalue weighted by Gasteiger charge is -2.20. The standard InChI is InChI=1S/C18H24N2O3S/c1-13(21)24-12-15(11-14-7-3-2-4-8-14)17(22)20-16-9-5-6-10-19-18(16)23/h2-4,7-8,15-16H,5-6,9-12H2,1H3,(H,19,23)(H,20,22). The number of thioether (sulfide) groups is 1. The molecule has 1 aromatic carbocycles. The van der Waals surface area contributed by atoms with Crippen LogP contribution in [0.15, 0.2) is 30.3 Å². The Labute approximate surface area is 147 Å². The number of hydrogen-bond donors (Lipinski definition) is 2. The average Bonchev–Trinajstić information content (AvgIpc) is 2.77. The molecule has 1 fully saturated rings. The van der Waals surface area contributed by atoms with E-state index in [2.05, 4.69) is 10.6 Å². The summed E-state index contributed by atoms with van der Waals surface area (Å²) in [6.45, 7) is 2.17. The van der Waals surface area contributed by atoms with Gasteiger partial charge >= 0.3 is 0 Å². The SMILES string of the molecule is CC(=O)SCC(Cc1ccccc1)C(=O)NC1CCCCNC1=O. The van der Waals surface area contributed by atoms with Crippen molar-refractivity contribution < 1.29 is 14.4 Å². The van der Waals surface area contributed by atoms with Crippen molar-refractivity contribution in [3.05, 3.63) is 35.9 Å². The average molecular weight is 348 g/mol. The van der Waals surface area contributed by atoms with Crippen molar-refractivity contribution in [2.24, 2.45) is 5.92 Å². The Kier molecular flexibility index (Phi) is 7.31. The number of benzene rings is 1. The molecule has 1 aromatic rings. The summed E-state index contributed by atoms with van der Waals surface area (Å²) >= 11 is 1.15. The van der Waals surface area contributed by atoms with Crippen LogP contribution in [0.25, 0.3) is 0 Å². The molecular formula is C18H24N2O3S. The predicted molar refractivity (Wildman–Crippen MR) is 95.6 cm³/mol. The summed E-state index contributed by atoms with van der Waals surface area (Å²) in [4.78, 5) is 36.0. The zero-order chi connectivity index (χ0) is 17.4. The van der Waals surface area contributed by atoms with E-state index in [1.165, 1.54) is 6.92 Å². The maximum atomic E-state index is 12.7. The number of nitrogens with one attached hydrogen (secondary N) is 2. The molecule has 0 saturated carbocycles. The normalized spacial score (nSPS) is 19.0. The maximum Gasteiger partial charge on any atom is 0.242 e. The summed E-state index contributed by atoms with van der Waals surface area (Å²) < 4.78 is 0. The van der Waals surface area contributed by atoms with E-state index in [-0.39, 0.29) is 22.8 Å². The monoisotopic (exact) mass is 348 g/mol. The Morgan fingerprint density at radius 1 is 1.29 bits per heavy atom. The molecule has 0 bridgehead atoms. The van der Waals surface area contributed by atoms with E-state index >= 15 is 0 Å². The lowest BCUT2D eigenvalue weighted by molar-refractivity contribution is -0.130. The minimum absolute atomic E-state index is 0.00642. The first-order chi connectivity index (χ1) is 11.6. The fourth-order valence-electron chi connectivity index (χ4n) is 2.71. The summed E-state index contributed by atoms with van der Waals surface area (Å²) in [7, 11) is 0. The zero-order valence-corrected chi connectivity index (χ0v) is 14.7. The molecule has 24 heavy (non-hydrogen) atoms. The molecule has 1 aliphatic heterocycles. The predicted octanol–water partition coefficient (Wildman–Crippen LogP) is 1.91. The van der Waals surface area contributed by atoms with Gasteiger partial charge in [0, 0.05) is 19.2 Å². The molecule has 6 heteroatoms. The van der Waals surface area contributed by atoms with Crippen molar-refractivity contribution in [2.45, 2.75) is 38.6 Å². The highest BCUT2D eigenvalue weighted by Gasteiger charge is 2.27. The number of carbonyl (C=O) groups is 3. The van der Waals surface area contributed by atoms with Crippen molar-refractivity contribution in [2.75, 3.05) is 12.3 Å². The third-order valence-corrected chi connectivity index (χ3v) is 5.01. The van der Waals surface area contributed by atoms with E-state index in [9.17, 15) is 14.4 Å².